The van der Waals surface area contributed by atoms with Crippen molar-refractivity contribution in [1.29, 1.82) is 0 Å². The van der Waals surface area contributed by atoms with E-state index in [9.17, 15) is 19.5 Å². The molecule has 2 aliphatic carbocycles. The van der Waals surface area contributed by atoms with Crippen LogP contribution in [0.3, 0.4) is 0 Å². The maximum Gasteiger partial charge on any atom is 0.325 e. The van der Waals surface area contributed by atoms with Gasteiger partial charge in [0.25, 0.3) is 0 Å². The Morgan fingerprint density at radius 1 is 1.10 bits per heavy atom. The van der Waals surface area contributed by atoms with Crippen molar-refractivity contribution in [3.8, 4) is 0 Å². The minimum Gasteiger partial charge on any atom is -0.481 e. The van der Waals surface area contributed by atoms with Crippen molar-refractivity contribution < 1.29 is 19.5 Å². The molecule has 0 saturated heterocycles. The molecule has 0 bridgehead atoms. The van der Waals surface area contributed by atoms with Crippen LogP contribution in [0.1, 0.15) is 70.9 Å². The maximum atomic E-state index is 13.0. The number of carbonyl (C=O) groups is 3. The zero-order valence-corrected chi connectivity index (χ0v) is 17.7. The van der Waals surface area contributed by atoms with Crippen molar-refractivity contribution >= 4 is 39.9 Å². The summed E-state index contributed by atoms with van der Waals surface area (Å²) in [5.74, 6) is -1.31. The number of aliphatic carboxylic acids is 1. The zero-order chi connectivity index (χ0) is 21.3. The van der Waals surface area contributed by atoms with Gasteiger partial charge in [-0.25, -0.2) is 9.78 Å². The van der Waals surface area contributed by atoms with Gasteiger partial charge in [0, 0.05) is 16.4 Å². The number of amides is 2. The lowest BCUT2D eigenvalue weighted by atomic mass is 9.92. The molecule has 4 rings (SSSR count). The largest absolute Gasteiger partial charge is 0.481 e. The zero-order valence-electron chi connectivity index (χ0n) is 16.9. The van der Waals surface area contributed by atoms with Gasteiger partial charge in [-0.1, -0.05) is 24.5 Å². The first-order valence-corrected chi connectivity index (χ1v) is 11.2. The number of carboxylic acids is 1. The minimum absolute atomic E-state index is 0.0223. The van der Waals surface area contributed by atoms with Gasteiger partial charge in [-0.3, -0.25) is 14.9 Å². The molecule has 2 aliphatic rings. The second-order valence-electron chi connectivity index (χ2n) is 8.09. The van der Waals surface area contributed by atoms with Gasteiger partial charge in [-0.05, 0) is 51.2 Å². The molecule has 3 N–H and O–H groups in total. The van der Waals surface area contributed by atoms with Gasteiger partial charge < -0.3 is 10.4 Å². The smallest absolute Gasteiger partial charge is 0.325 e. The lowest BCUT2D eigenvalue weighted by Gasteiger charge is -2.16. The molecule has 0 spiro atoms. The Bertz CT molecular complexity index is 994. The third-order valence-corrected chi connectivity index (χ3v) is 7.01. The molecule has 1 saturated carbocycles. The third kappa shape index (κ3) is 4.23. The van der Waals surface area contributed by atoms with Crippen LogP contribution in [-0.2, 0) is 11.2 Å². The average molecular weight is 428 g/mol. The monoisotopic (exact) mass is 427 g/mol. The van der Waals surface area contributed by atoms with Crippen LogP contribution in [-0.4, -0.2) is 27.9 Å². The second kappa shape index (κ2) is 8.55. The highest BCUT2D eigenvalue weighted by molar-refractivity contribution is 7.16. The first-order valence-electron chi connectivity index (χ1n) is 10.4. The molecule has 0 radical (unpaired) electrons. The third-order valence-electron chi connectivity index (χ3n) is 5.88. The Labute approximate surface area is 178 Å². The van der Waals surface area contributed by atoms with Crippen LogP contribution in [0.4, 0.5) is 15.6 Å². The highest BCUT2D eigenvalue weighted by atomic mass is 32.1. The fourth-order valence-corrected chi connectivity index (χ4v) is 5.47. The Morgan fingerprint density at radius 3 is 2.60 bits per heavy atom. The molecular weight excluding hydrogens is 402 g/mol. The Kier molecular flexibility index (Phi) is 5.85. The molecule has 2 aromatic rings. The lowest BCUT2D eigenvalue weighted by Crippen LogP contribution is -2.22. The number of aromatic nitrogens is 1. The Balaban J connectivity index is 1.50. The molecule has 1 atom stereocenters. The first-order chi connectivity index (χ1) is 14.4. The Morgan fingerprint density at radius 2 is 1.87 bits per heavy atom. The van der Waals surface area contributed by atoms with Crippen molar-refractivity contribution in [3.63, 3.8) is 0 Å². The molecule has 1 aromatic heterocycles. The van der Waals surface area contributed by atoms with Crippen LogP contribution in [0, 0.1) is 12.8 Å². The summed E-state index contributed by atoms with van der Waals surface area (Å²) in [6, 6.07) is 4.96. The number of carbonyl (C=O) groups excluding carboxylic acids is 2. The van der Waals surface area contributed by atoms with E-state index in [-0.39, 0.29) is 11.7 Å². The number of fused-ring (bicyclic) bond motifs is 1. The molecule has 0 aliphatic heterocycles. The number of hydrogen-bond donors (Lipinski definition) is 3. The minimum atomic E-state index is -0.856. The molecule has 30 heavy (non-hydrogen) atoms. The molecule has 1 heterocycles. The Hall–Kier alpha value is -2.74. The summed E-state index contributed by atoms with van der Waals surface area (Å²) in [5, 5.41) is 15.3. The fraction of sp³-hybridized carbons (Fsp3) is 0.455. The van der Waals surface area contributed by atoms with Gasteiger partial charge in [-0.2, -0.15) is 0 Å². The summed E-state index contributed by atoms with van der Waals surface area (Å²) < 4.78 is 0. The van der Waals surface area contributed by atoms with Crippen molar-refractivity contribution in [2.45, 2.75) is 57.8 Å². The number of benzene rings is 1. The second-order valence-corrected chi connectivity index (χ2v) is 9.12. The molecule has 8 heteroatoms. The summed E-state index contributed by atoms with van der Waals surface area (Å²) in [6.45, 7) is 1.92. The van der Waals surface area contributed by atoms with E-state index >= 15 is 0 Å². The van der Waals surface area contributed by atoms with Gasteiger partial charge in [0.05, 0.1) is 17.3 Å². The van der Waals surface area contributed by atoms with E-state index < -0.39 is 17.9 Å². The SMILES string of the molecule is Cc1ccc(NC(=O)Nc2nc3c(s2)C(C(=O)O)CCC3)c(C(=O)C2CCCC2)c1. The molecular formula is C22H25N3O4S. The van der Waals surface area contributed by atoms with E-state index in [1.807, 2.05) is 19.1 Å². The predicted molar refractivity (Wildman–Crippen MR) is 116 cm³/mol. The van der Waals surface area contributed by atoms with Crippen LogP contribution in [0.5, 0.6) is 0 Å². The van der Waals surface area contributed by atoms with Crippen LogP contribution >= 0.6 is 11.3 Å². The number of hydrogen-bond acceptors (Lipinski definition) is 5. The average Bonchev–Trinajstić information content (AvgIpc) is 3.37. The topological polar surface area (TPSA) is 108 Å². The van der Waals surface area contributed by atoms with Gasteiger partial charge in [-0.15, -0.1) is 11.3 Å². The molecule has 1 fully saturated rings. The number of aryl methyl sites for hydroxylation is 2. The van der Waals surface area contributed by atoms with E-state index in [2.05, 4.69) is 15.6 Å². The molecule has 158 valence electrons. The number of urea groups is 1. The van der Waals surface area contributed by atoms with Crippen molar-refractivity contribution in [1.82, 2.24) is 4.98 Å². The quantitative estimate of drug-likeness (QED) is 0.584. The highest BCUT2D eigenvalue weighted by Crippen LogP contribution is 2.38. The van der Waals surface area contributed by atoms with Crippen LogP contribution in [0.25, 0.3) is 0 Å². The van der Waals surface area contributed by atoms with Gasteiger partial charge >= 0.3 is 12.0 Å². The van der Waals surface area contributed by atoms with E-state index in [1.54, 1.807) is 6.07 Å². The molecule has 1 aromatic carbocycles. The number of Topliss-reactive ketones (excluding diaryl/α,β-unsaturated/α-hetero) is 1. The van der Waals surface area contributed by atoms with Crippen molar-refractivity contribution in [2.75, 3.05) is 10.6 Å². The van der Waals surface area contributed by atoms with Crippen LogP contribution in [0.15, 0.2) is 18.2 Å². The number of nitrogens with one attached hydrogen (secondary N) is 2. The van der Waals surface area contributed by atoms with E-state index in [1.165, 1.54) is 11.3 Å². The van der Waals surface area contributed by atoms with Gasteiger partial charge in [0.2, 0.25) is 0 Å². The van der Waals surface area contributed by atoms with Crippen LogP contribution < -0.4 is 10.6 Å². The number of anilines is 2. The molecule has 7 nitrogen and oxygen atoms in total. The first kappa shape index (κ1) is 20.5. The van der Waals surface area contributed by atoms with Crippen LogP contribution in [0.2, 0.25) is 0 Å². The summed E-state index contributed by atoms with van der Waals surface area (Å²) in [6.07, 6.45) is 6.01. The standard InChI is InChI=1S/C22H25N3O4S/c1-12-9-10-16(15(11-12)18(26)13-5-2-3-6-13)23-21(29)25-22-24-17-8-4-7-14(20(27)28)19(17)30-22/h9-11,13-14H,2-8H2,1H3,(H,27,28)(H2,23,24,25,29). The summed E-state index contributed by atoms with van der Waals surface area (Å²) in [4.78, 5) is 42.2. The van der Waals surface area contributed by atoms with E-state index in [4.69, 9.17) is 0 Å². The summed E-state index contributed by atoms with van der Waals surface area (Å²) in [5.41, 5.74) is 2.75. The highest BCUT2D eigenvalue weighted by Gasteiger charge is 2.30. The van der Waals surface area contributed by atoms with Gasteiger partial charge in [0.1, 0.15) is 0 Å². The van der Waals surface area contributed by atoms with Crippen molar-refractivity contribution in [2.24, 2.45) is 5.92 Å². The summed E-state index contributed by atoms with van der Waals surface area (Å²) >= 11 is 1.21. The normalized spacial score (nSPS) is 18.6. The number of nitrogens with zero attached hydrogens (tertiary/aromatic N) is 1. The fourth-order valence-electron chi connectivity index (χ4n) is 4.34. The van der Waals surface area contributed by atoms with Gasteiger partial charge in [0.15, 0.2) is 10.9 Å². The number of carboxylic acid groups (broad SMARTS) is 1. The molecule has 1 unspecified atom stereocenters. The predicted octanol–water partition coefficient (Wildman–Crippen LogP) is 4.97. The number of thiazole rings is 1. The van der Waals surface area contributed by atoms with E-state index in [0.29, 0.717) is 22.8 Å². The summed E-state index contributed by atoms with van der Waals surface area (Å²) in [7, 11) is 0. The maximum absolute atomic E-state index is 13.0. The number of rotatable bonds is 5. The molecule has 2 amide bonds. The number of ketones is 1. The van der Waals surface area contributed by atoms with Crippen molar-refractivity contribution in [3.05, 3.63) is 39.9 Å². The lowest BCUT2D eigenvalue weighted by molar-refractivity contribution is -0.139. The van der Waals surface area contributed by atoms with E-state index in [0.717, 1.165) is 54.7 Å².